The summed E-state index contributed by atoms with van der Waals surface area (Å²) >= 11 is 0. The molecule has 0 aromatic rings. The van der Waals surface area contributed by atoms with Crippen molar-refractivity contribution in [2.75, 3.05) is 6.61 Å². The molecule has 0 aromatic carbocycles. The minimum atomic E-state index is 0.327. The van der Waals surface area contributed by atoms with E-state index in [4.69, 9.17) is 5.11 Å². The lowest BCUT2D eigenvalue weighted by atomic mass is 9.87. The van der Waals surface area contributed by atoms with Gasteiger partial charge in [0.15, 0.2) is 0 Å². The van der Waals surface area contributed by atoms with Crippen molar-refractivity contribution in [1.82, 2.24) is 5.32 Å². The Morgan fingerprint density at radius 1 is 1.29 bits per heavy atom. The van der Waals surface area contributed by atoms with Crippen LogP contribution in [-0.4, -0.2) is 23.8 Å². The quantitative estimate of drug-likeness (QED) is 0.712. The molecule has 0 bridgehead atoms. The summed E-state index contributed by atoms with van der Waals surface area (Å²) in [6.07, 6.45) is 7.46. The van der Waals surface area contributed by atoms with Gasteiger partial charge in [-0.3, -0.25) is 0 Å². The summed E-state index contributed by atoms with van der Waals surface area (Å²) in [5, 5.41) is 12.4. The third kappa shape index (κ3) is 4.43. The molecule has 1 fully saturated rings. The van der Waals surface area contributed by atoms with E-state index in [2.05, 4.69) is 19.2 Å². The molecule has 2 nitrogen and oxygen atoms in total. The predicted molar refractivity (Wildman–Crippen MR) is 60.3 cm³/mol. The van der Waals surface area contributed by atoms with Crippen LogP contribution < -0.4 is 5.32 Å². The number of rotatable bonds is 5. The molecule has 0 aromatic heterocycles. The van der Waals surface area contributed by atoms with Gasteiger partial charge in [0.25, 0.3) is 0 Å². The normalized spacial score (nSPS) is 30.2. The molecule has 14 heavy (non-hydrogen) atoms. The number of hydrogen-bond donors (Lipinski definition) is 2. The number of aliphatic hydroxyl groups excluding tert-OH is 1. The van der Waals surface area contributed by atoms with Crippen molar-refractivity contribution in [3.63, 3.8) is 0 Å². The monoisotopic (exact) mass is 199 g/mol. The maximum atomic E-state index is 8.73. The van der Waals surface area contributed by atoms with E-state index < -0.39 is 0 Å². The maximum absolute atomic E-state index is 8.73. The second-order valence-electron chi connectivity index (χ2n) is 4.89. The van der Waals surface area contributed by atoms with Crippen LogP contribution in [0.3, 0.4) is 0 Å². The van der Waals surface area contributed by atoms with E-state index in [1.807, 2.05) is 0 Å². The van der Waals surface area contributed by atoms with Crippen molar-refractivity contribution in [1.29, 1.82) is 0 Å². The zero-order chi connectivity index (χ0) is 10.4. The Morgan fingerprint density at radius 2 is 1.93 bits per heavy atom. The second kappa shape index (κ2) is 6.41. The van der Waals surface area contributed by atoms with E-state index in [9.17, 15) is 0 Å². The fraction of sp³-hybridized carbons (Fsp3) is 1.00. The average molecular weight is 199 g/mol. The SMILES string of the molecule is CC1CCC(NC(C)CCCO)CC1. The highest BCUT2D eigenvalue weighted by Gasteiger charge is 2.18. The molecule has 84 valence electrons. The van der Waals surface area contributed by atoms with Gasteiger partial charge in [-0.1, -0.05) is 6.92 Å². The predicted octanol–water partition coefficient (Wildman–Crippen LogP) is 2.32. The fourth-order valence-corrected chi connectivity index (χ4v) is 2.31. The lowest BCUT2D eigenvalue weighted by molar-refractivity contribution is 0.258. The van der Waals surface area contributed by atoms with Gasteiger partial charge in [-0.2, -0.15) is 0 Å². The van der Waals surface area contributed by atoms with E-state index in [1.54, 1.807) is 0 Å². The van der Waals surface area contributed by atoms with Gasteiger partial charge < -0.3 is 10.4 Å². The molecule has 1 atom stereocenters. The molecule has 0 radical (unpaired) electrons. The molecule has 1 rings (SSSR count). The van der Waals surface area contributed by atoms with Crippen LogP contribution in [0.2, 0.25) is 0 Å². The Hall–Kier alpha value is -0.0800. The van der Waals surface area contributed by atoms with Gasteiger partial charge in [-0.15, -0.1) is 0 Å². The summed E-state index contributed by atoms with van der Waals surface area (Å²) in [5.74, 6) is 0.931. The minimum absolute atomic E-state index is 0.327. The van der Waals surface area contributed by atoms with Crippen LogP contribution in [0.5, 0.6) is 0 Å². The van der Waals surface area contributed by atoms with Gasteiger partial charge in [-0.25, -0.2) is 0 Å². The number of nitrogens with one attached hydrogen (secondary N) is 1. The van der Waals surface area contributed by atoms with E-state index in [0.29, 0.717) is 12.6 Å². The van der Waals surface area contributed by atoms with Crippen LogP contribution in [0, 0.1) is 5.92 Å². The fourth-order valence-electron chi connectivity index (χ4n) is 2.31. The van der Waals surface area contributed by atoms with Gasteiger partial charge in [0, 0.05) is 18.7 Å². The van der Waals surface area contributed by atoms with Gasteiger partial charge >= 0.3 is 0 Å². The molecule has 0 saturated heterocycles. The molecule has 1 unspecified atom stereocenters. The van der Waals surface area contributed by atoms with Gasteiger partial charge in [0.05, 0.1) is 0 Å². The van der Waals surface area contributed by atoms with Crippen LogP contribution in [0.15, 0.2) is 0 Å². The van der Waals surface area contributed by atoms with E-state index in [0.717, 1.165) is 24.8 Å². The van der Waals surface area contributed by atoms with Crippen molar-refractivity contribution >= 4 is 0 Å². The molecular weight excluding hydrogens is 174 g/mol. The first-order valence-electron chi connectivity index (χ1n) is 6.09. The zero-order valence-corrected chi connectivity index (χ0v) is 9.63. The Balaban J connectivity index is 2.10. The third-order valence-electron chi connectivity index (χ3n) is 3.33. The van der Waals surface area contributed by atoms with E-state index in [1.165, 1.54) is 25.7 Å². The largest absolute Gasteiger partial charge is 0.396 e. The summed E-state index contributed by atoms with van der Waals surface area (Å²) in [6.45, 7) is 4.91. The van der Waals surface area contributed by atoms with Gasteiger partial charge in [0.1, 0.15) is 0 Å². The average Bonchev–Trinajstić information content (AvgIpc) is 2.18. The summed E-state index contributed by atoms with van der Waals surface area (Å²) in [6, 6.07) is 1.31. The molecule has 1 saturated carbocycles. The first-order valence-corrected chi connectivity index (χ1v) is 6.09. The molecule has 1 aliphatic rings. The van der Waals surface area contributed by atoms with Gasteiger partial charge in [-0.05, 0) is 51.4 Å². The van der Waals surface area contributed by atoms with Crippen LogP contribution in [0.4, 0.5) is 0 Å². The van der Waals surface area contributed by atoms with E-state index in [-0.39, 0.29) is 0 Å². The highest BCUT2D eigenvalue weighted by atomic mass is 16.2. The first kappa shape index (κ1) is 12.0. The molecule has 0 aliphatic heterocycles. The number of hydrogen-bond acceptors (Lipinski definition) is 2. The molecule has 0 heterocycles. The van der Waals surface area contributed by atoms with Crippen molar-refractivity contribution < 1.29 is 5.11 Å². The minimum Gasteiger partial charge on any atom is -0.396 e. The lowest BCUT2D eigenvalue weighted by Crippen LogP contribution is -2.38. The van der Waals surface area contributed by atoms with Crippen molar-refractivity contribution in [2.45, 2.75) is 64.5 Å². The third-order valence-corrected chi connectivity index (χ3v) is 3.33. The molecule has 0 amide bonds. The molecule has 1 aliphatic carbocycles. The van der Waals surface area contributed by atoms with Crippen molar-refractivity contribution in [2.24, 2.45) is 5.92 Å². The molecule has 2 heteroatoms. The van der Waals surface area contributed by atoms with Crippen LogP contribution in [-0.2, 0) is 0 Å². The highest BCUT2D eigenvalue weighted by molar-refractivity contribution is 4.77. The van der Waals surface area contributed by atoms with Crippen molar-refractivity contribution in [3.05, 3.63) is 0 Å². The lowest BCUT2D eigenvalue weighted by Gasteiger charge is -2.29. The summed E-state index contributed by atoms with van der Waals surface area (Å²) < 4.78 is 0. The zero-order valence-electron chi connectivity index (χ0n) is 9.63. The molecule has 0 spiro atoms. The standard InChI is InChI=1S/C12H25NO/c1-10-5-7-12(8-6-10)13-11(2)4-3-9-14/h10-14H,3-9H2,1-2H3. The topological polar surface area (TPSA) is 32.3 Å². The second-order valence-corrected chi connectivity index (χ2v) is 4.89. The highest BCUT2D eigenvalue weighted by Crippen LogP contribution is 2.23. The summed E-state index contributed by atoms with van der Waals surface area (Å²) in [7, 11) is 0. The maximum Gasteiger partial charge on any atom is 0.0431 e. The van der Waals surface area contributed by atoms with Gasteiger partial charge in [0.2, 0.25) is 0 Å². The molecular formula is C12H25NO. The Kier molecular flexibility index (Phi) is 5.49. The Labute approximate surface area is 88.1 Å². The van der Waals surface area contributed by atoms with Crippen LogP contribution in [0.25, 0.3) is 0 Å². The summed E-state index contributed by atoms with van der Waals surface area (Å²) in [5.41, 5.74) is 0. The smallest absolute Gasteiger partial charge is 0.0431 e. The van der Waals surface area contributed by atoms with Crippen LogP contribution >= 0.6 is 0 Å². The summed E-state index contributed by atoms with van der Waals surface area (Å²) in [4.78, 5) is 0. The van der Waals surface area contributed by atoms with Crippen molar-refractivity contribution in [3.8, 4) is 0 Å². The number of aliphatic hydroxyl groups is 1. The Morgan fingerprint density at radius 3 is 2.50 bits per heavy atom. The molecule has 2 N–H and O–H groups in total. The Bertz CT molecular complexity index is 141. The van der Waals surface area contributed by atoms with E-state index >= 15 is 0 Å². The first-order chi connectivity index (χ1) is 6.72. The van der Waals surface area contributed by atoms with Crippen LogP contribution in [0.1, 0.15) is 52.4 Å².